The Morgan fingerprint density at radius 2 is 1.88 bits per heavy atom. The van der Waals surface area contributed by atoms with E-state index in [0.717, 1.165) is 12.1 Å². The lowest BCUT2D eigenvalue weighted by Gasteiger charge is -2.19. The van der Waals surface area contributed by atoms with Crippen molar-refractivity contribution < 1.29 is 32.2 Å². The Balaban J connectivity index is 2.85. The number of methoxy groups -OCH3 is 1. The van der Waals surface area contributed by atoms with Crippen molar-refractivity contribution >= 4 is 11.9 Å². The molecule has 0 saturated heterocycles. The first-order chi connectivity index (χ1) is 11.2. The molecule has 0 heterocycles. The van der Waals surface area contributed by atoms with Gasteiger partial charge in [0.2, 0.25) is 5.91 Å². The molecule has 0 aromatic heterocycles. The second-order valence-electron chi connectivity index (χ2n) is 4.91. The third kappa shape index (κ3) is 7.32. The first kappa shape index (κ1) is 19.8. The van der Waals surface area contributed by atoms with Crippen LogP contribution in [0.5, 0.6) is 5.75 Å². The zero-order chi connectivity index (χ0) is 18.2. The van der Waals surface area contributed by atoms with Crippen LogP contribution in [0.1, 0.15) is 30.9 Å². The summed E-state index contributed by atoms with van der Waals surface area (Å²) in [4.78, 5) is 23.3. The van der Waals surface area contributed by atoms with Gasteiger partial charge >= 0.3 is 12.3 Å². The van der Waals surface area contributed by atoms with Crippen LogP contribution in [0.2, 0.25) is 0 Å². The molecule has 1 amide bonds. The summed E-state index contributed by atoms with van der Waals surface area (Å²) in [6.45, 7) is 0.346. The number of rotatable bonds is 8. The fourth-order valence-electron chi connectivity index (χ4n) is 1.93. The highest BCUT2D eigenvalue weighted by atomic mass is 19.4. The van der Waals surface area contributed by atoms with Gasteiger partial charge in [0.15, 0.2) is 0 Å². The molecule has 134 valence electrons. The fourth-order valence-corrected chi connectivity index (χ4v) is 1.93. The summed E-state index contributed by atoms with van der Waals surface area (Å²) < 4.78 is 44.8. The molecule has 1 atom stereocenters. The summed E-state index contributed by atoms with van der Waals surface area (Å²) >= 11 is 0. The number of benzene rings is 1. The van der Waals surface area contributed by atoms with E-state index in [9.17, 15) is 22.8 Å². The van der Waals surface area contributed by atoms with Crippen LogP contribution in [-0.4, -0.2) is 31.9 Å². The van der Waals surface area contributed by atoms with Crippen molar-refractivity contribution in [2.75, 3.05) is 13.7 Å². The third-order valence-electron chi connectivity index (χ3n) is 3.06. The van der Waals surface area contributed by atoms with Gasteiger partial charge in [-0.15, -0.1) is 13.2 Å². The van der Waals surface area contributed by atoms with Crippen molar-refractivity contribution in [1.29, 1.82) is 0 Å². The molecule has 24 heavy (non-hydrogen) atoms. The van der Waals surface area contributed by atoms with Gasteiger partial charge in [0.25, 0.3) is 0 Å². The zero-order valence-electron chi connectivity index (χ0n) is 13.1. The van der Waals surface area contributed by atoms with Gasteiger partial charge in [0.1, 0.15) is 5.75 Å². The Morgan fingerprint density at radius 3 is 2.38 bits per heavy atom. The molecule has 0 aliphatic carbocycles. The average molecular weight is 348 g/mol. The quantitative estimate of drug-likeness (QED) is 0.702. The summed E-state index contributed by atoms with van der Waals surface area (Å²) in [6, 6.07) is 4.19. The van der Waals surface area contributed by atoms with Crippen LogP contribution < -0.4 is 15.8 Å². The number of hydrogen-bond acceptors (Lipinski definition) is 5. The fraction of sp³-hybridized carbons (Fsp3) is 0.467. The molecule has 1 rings (SSSR count). The smallest absolute Gasteiger partial charge is 0.469 e. The van der Waals surface area contributed by atoms with Crippen LogP contribution in [0, 0.1) is 0 Å². The summed E-state index contributed by atoms with van der Waals surface area (Å²) in [5.74, 6) is -1.27. The average Bonchev–Trinajstić information content (AvgIpc) is 2.51. The lowest BCUT2D eigenvalue weighted by molar-refractivity contribution is -0.274. The number of ether oxygens (including phenoxy) is 2. The van der Waals surface area contributed by atoms with Gasteiger partial charge in [0.05, 0.1) is 19.6 Å². The minimum absolute atomic E-state index is 0.148. The first-order valence-corrected chi connectivity index (χ1v) is 7.17. The maximum Gasteiger partial charge on any atom is 0.573 e. The van der Waals surface area contributed by atoms with Gasteiger partial charge in [-0.1, -0.05) is 12.1 Å². The van der Waals surface area contributed by atoms with Crippen molar-refractivity contribution in [3.8, 4) is 5.75 Å². The minimum Gasteiger partial charge on any atom is -0.469 e. The number of carbonyl (C=O) groups excluding carboxylic acids is 2. The Morgan fingerprint density at radius 1 is 1.25 bits per heavy atom. The number of amides is 1. The van der Waals surface area contributed by atoms with E-state index >= 15 is 0 Å². The molecule has 3 N–H and O–H groups in total. The molecule has 1 aromatic rings. The number of nitrogens with one attached hydrogen (secondary N) is 1. The molecule has 6 nitrogen and oxygen atoms in total. The summed E-state index contributed by atoms with van der Waals surface area (Å²) in [5, 5.41) is 2.64. The lowest BCUT2D eigenvalue weighted by atomic mass is 10.0. The van der Waals surface area contributed by atoms with Crippen molar-refractivity contribution in [2.45, 2.75) is 31.7 Å². The minimum atomic E-state index is -4.79. The maximum atomic E-state index is 12.2. The normalized spacial score (nSPS) is 12.4. The van der Waals surface area contributed by atoms with E-state index in [-0.39, 0.29) is 18.7 Å². The second kappa shape index (κ2) is 9.11. The standard InChI is InChI=1S/C15H19F3N2O4/c1-23-14(22)9-12(20-13(21)3-2-8-19)10-4-6-11(7-5-10)24-15(16,17)18/h4-7,12H,2-3,8-9,19H2,1H3,(H,20,21). The van der Waals surface area contributed by atoms with Crippen molar-refractivity contribution in [3.63, 3.8) is 0 Å². The van der Waals surface area contributed by atoms with Gasteiger partial charge in [-0.2, -0.15) is 0 Å². The molecule has 0 aliphatic heterocycles. The molecule has 0 aliphatic rings. The molecule has 0 spiro atoms. The van der Waals surface area contributed by atoms with Gasteiger partial charge < -0.3 is 20.5 Å². The van der Waals surface area contributed by atoms with Crippen LogP contribution in [0.4, 0.5) is 13.2 Å². The molecule has 0 radical (unpaired) electrons. The third-order valence-corrected chi connectivity index (χ3v) is 3.06. The Labute approximate surface area is 137 Å². The summed E-state index contributed by atoms with van der Waals surface area (Å²) in [5.41, 5.74) is 5.78. The predicted octanol–water partition coefficient (Wildman–Crippen LogP) is 2.04. The Bertz CT molecular complexity index is 547. The second-order valence-corrected chi connectivity index (χ2v) is 4.91. The predicted molar refractivity (Wildman–Crippen MR) is 78.9 cm³/mol. The van der Waals surface area contributed by atoms with Crippen molar-refractivity contribution in [1.82, 2.24) is 5.32 Å². The molecule has 0 saturated carbocycles. The van der Waals surface area contributed by atoms with E-state index in [0.29, 0.717) is 18.5 Å². The van der Waals surface area contributed by atoms with Crippen LogP contribution in [0.25, 0.3) is 0 Å². The molecular formula is C15H19F3N2O4. The highest BCUT2D eigenvalue weighted by Gasteiger charge is 2.31. The van der Waals surface area contributed by atoms with E-state index in [1.165, 1.54) is 19.2 Å². The van der Waals surface area contributed by atoms with Crippen molar-refractivity contribution in [3.05, 3.63) is 29.8 Å². The summed E-state index contributed by atoms with van der Waals surface area (Å²) in [6.07, 6.45) is -4.27. The van der Waals surface area contributed by atoms with Crippen LogP contribution in [0.3, 0.4) is 0 Å². The molecule has 0 fully saturated rings. The number of nitrogens with two attached hydrogens (primary N) is 1. The Hall–Kier alpha value is -2.29. The van der Waals surface area contributed by atoms with E-state index < -0.39 is 24.1 Å². The van der Waals surface area contributed by atoms with Crippen LogP contribution in [0.15, 0.2) is 24.3 Å². The number of carbonyl (C=O) groups is 2. The van der Waals surface area contributed by atoms with Crippen molar-refractivity contribution in [2.24, 2.45) is 5.73 Å². The van der Waals surface area contributed by atoms with E-state index in [2.05, 4.69) is 14.8 Å². The molecule has 0 bridgehead atoms. The maximum absolute atomic E-state index is 12.2. The topological polar surface area (TPSA) is 90.7 Å². The van der Waals surface area contributed by atoms with Gasteiger partial charge in [-0.25, -0.2) is 0 Å². The molecule has 1 aromatic carbocycles. The monoisotopic (exact) mass is 348 g/mol. The van der Waals surface area contributed by atoms with Crippen LogP contribution >= 0.6 is 0 Å². The SMILES string of the molecule is COC(=O)CC(NC(=O)CCCN)c1ccc(OC(F)(F)F)cc1. The lowest BCUT2D eigenvalue weighted by Crippen LogP contribution is -2.30. The highest BCUT2D eigenvalue weighted by Crippen LogP contribution is 2.25. The zero-order valence-corrected chi connectivity index (χ0v) is 13.1. The van der Waals surface area contributed by atoms with E-state index in [1.54, 1.807) is 0 Å². The number of halogens is 3. The van der Waals surface area contributed by atoms with E-state index in [1.807, 2.05) is 0 Å². The molecular weight excluding hydrogens is 329 g/mol. The molecule has 1 unspecified atom stereocenters. The molecule has 9 heteroatoms. The van der Waals surface area contributed by atoms with Gasteiger partial charge in [-0.3, -0.25) is 9.59 Å². The van der Waals surface area contributed by atoms with Gasteiger partial charge in [-0.05, 0) is 30.7 Å². The number of alkyl halides is 3. The first-order valence-electron chi connectivity index (χ1n) is 7.17. The summed E-state index contributed by atoms with van der Waals surface area (Å²) in [7, 11) is 1.20. The Kier molecular flexibility index (Phi) is 7.50. The number of esters is 1. The largest absolute Gasteiger partial charge is 0.573 e. The van der Waals surface area contributed by atoms with E-state index in [4.69, 9.17) is 5.73 Å². The van der Waals surface area contributed by atoms with Gasteiger partial charge in [0, 0.05) is 6.42 Å². The number of hydrogen-bond donors (Lipinski definition) is 2. The van der Waals surface area contributed by atoms with Crippen LogP contribution in [-0.2, 0) is 14.3 Å². The highest BCUT2D eigenvalue weighted by molar-refractivity contribution is 5.78.